The molecule has 0 saturated carbocycles. The Morgan fingerprint density at radius 2 is 1.50 bits per heavy atom. The van der Waals surface area contributed by atoms with Crippen LogP contribution >= 0.6 is 0 Å². The smallest absolute Gasteiger partial charge is 0.387 e. The summed E-state index contributed by atoms with van der Waals surface area (Å²) < 4.78 is 74.7. The standard InChI is InChI=1S/C41H38F4N4O5/c1-21-25(26-10-7-12-28(22(26)2)39-47-31-18-29(23(3)48-14-4-5-15-48)35(42)36(43)37(31)54-39)9-6-11-27(21)38-46-30-17-24(20-49-16-8-13-32(49)40(50)51)33(53-41(44)45)19-34(30)52-38/h6-7,9-12,17-19,23,32,41H,4-5,8,13-16,20H2,1-3H3,(H,50,51)/t23?,32-/m0/s1. The van der Waals surface area contributed by atoms with Crippen molar-refractivity contribution < 1.29 is 41.0 Å². The first-order chi connectivity index (χ1) is 26.0. The molecule has 2 aliphatic rings. The van der Waals surface area contributed by atoms with Gasteiger partial charge in [0.1, 0.15) is 22.8 Å². The first-order valence-electron chi connectivity index (χ1n) is 18.1. The van der Waals surface area contributed by atoms with Crippen LogP contribution in [0.15, 0.2) is 63.4 Å². The Morgan fingerprint density at radius 3 is 2.15 bits per heavy atom. The fraction of sp³-hybridized carbons (Fsp3) is 0.341. The van der Waals surface area contributed by atoms with Gasteiger partial charge in [-0.1, -0.05) is 24.3 Å². The van der Waals surface area contributed by atoms with Crippen molar-refractivity contribution >= 4 is 28.2 Å². The first-order valence-corrected chi connectivity index (χ1v) is 18.1. The van der Waals surface area contributed by atoms with Gasteiger partial charge in [0.25, 0.3) is 0 Å². The van der Waals surface area contributed by atoms with Crippen LogP contribution in [0.25, 0.3) is 56.2 Å². The SMILES string of the molecule is Cc1c(-c2nc3cc(CN4CCC[C@H]4C(=O)O)c(OC(F)F)cc3o2)cccc1-c1cccc(-c2nc3cc(C(C)N4CCCC4)c(F)c(F)c3o2)c1C. The predicted octanol–water partition coefficient (Wildman–Crippen LogP) is 9.67. The normalized spacial score (nSPS) is 17.4. The number of aliphatic carboxylic acids is 1. The minimum absolute atomic E-state index is 0.0990. The molecule has 2 aliphatic heterocycles. The van der Waals surface area contributed by atoms with Crippen LogP contribution < -0.4 is 4.74 Å². The molecule has 4 heterocycles. The van der Waals surface area contributed by atoms with Gasteiger partial charge in [0, 0.05) is 40.9 Å². The predicted molar refractivity (Wildman–Crippen MR) is 194 cm³/mol. The van der Waals surface area contributed by atoms with Crippen molar-refractivity contribution in [1.82, 2.24) is 19.8 Å². The third kappa shape index (κ3) is 6.38. The van der Waals surface area contributed by atoms with Crippen LogP contribution in [-0.4, -0.2) is 63.1 Å². The molecule has 0 aliphatic carbocycles. The Hall–Kier alpha value is -5.27. The van der Waals surface area contributed by atoms with Gasteiger partial charge < -0.3 is 18.7 Å². The minimum Gasteiger partial charge on any atom is -0.480 e. The first kappa shape index (κ1) is 35.7. The summed E-state index contributed by atoms with van der Waals surface area (Å²) in [6, 6.07) is 14.8. The number of oxazole rings is 2. The molecule has 2 aromatic heterocycles. The van der Waals surface area contributed by atoms with Crippen LogP contribution in [0.5, 0.6) is 5.75 Å². The maximum atomic E-state index is 15.4. The van der Waals surface area contributed by atoms with Crippen LogP contribution in [0.3, 0.4) is 0 Å². The van der Waals surface area contributed by atoms with E-state index < -0.39 is 30.3 Å². The molecule has 280 valence electrons. The van der Waals surface area contributed by atoms with Crippen molar-refractivity contribution in [2.75, 3.05) is 19.6 Å². The quantitative estimate of drug-likeness (QED) is 0.137. The van der Waals surface area contributed by atoms with Gasteiger partial charge in [0.2, 0.25) is 17.6 Å². The molecule has 2 saturated heterocycles. The van der Waals surface area contributed by atoms with E-state index in [1.54, 1.807) is 17.0 Å². The maximum absolute atomic E-state index is 15.4. The molecule has 0 amide bonds. The summed E-state index contributed by atoms with van der Waals surface area (Å²) >= 11 is 0. The van der Waals surface area contributed by atoms with Crippen molar-refractivity contribution in [3.05, 3.63) is 88.5 Å². The van der Waals surface area contributed by atoms with Gasteiger partial charge >= 0.3 is 12.6 Å². The number of benzene rings is 4. The second kappa shape index (κ2) is 14.2. The number of hydrogen-bond acceptors (Lipinski definition) is 8. The van der Waals surface area contributed by atoms with Crippen LogP contribution in [0, 0.1) is 25.5 Å². The highest BCUT2D eigenvalue weighted by molar-refractivity contribution is 5.85. The lowest BCUT2D eigenvalue weighted by Crippen LogP contribution is -2.35. The molecular formula is C41H38F4N4O5. The van der Waals surface area contributed by atoms with Gasteiger partial charge in [0.15, 0.2) is 17.0 Å². The number of alkyl halides is 2. The molecule has 1 N–H and O–H groups in total. The van der Waals surface area contributed by atoms with E-state index in [-0.39, 0.29) is 52.4 Å². The van der Waals surface area contributed by atoms with Gasteiger partial charge in [-0.15, -0.1) is 0 Å². The van der Waals surface area contributed by atoms with E-state index in [0.29, 0.717) is 41.6 Å². The van der Waals surface area contributed by atoms with E-state index in [9.17, 15) is 18.7 Å². The van der Waals surface area contributed by atoms with Crippen molar-refractivity contribution in [2.45, 2.75) is 71.7 Å². The summed E-state index contributed by atoms with van der Waals surface area (Å²) in [7, 11) is 0. The number of nitrogens with zero attached hydrogens (tertiary/aromatic N) is 4. The molecule has 2 atom stereocenters. The number of likely N-dealkylation sites (tertiary alicyclic amines) is 2. The molecule has 13 heteroatoms. The number of halogens is 4. The zero-order valence-electron chi connectivity index (χ0n) is 30.0. The largest absolute Gasteiger partial charge is 0.480 e. The van der Waals surface area contributed by atoms with Crippen molar-refractivity contribution in [3.8, 4) is 39.8 Å². The lowest BCUT2D eigenvalue weighted by Gasteiger charge is -2.24. The van der Waals surface area contributed by atoms with E-state index >= 15 is 8.78 Å². The summed E-state index contributed by atoms with van der Waals surface area (Å²) in [5, 5.41) is 9.65. The molecule has 0 bridgehead atoms. The number of aromatic nitrogens is 2. The topological polar surface area (TPSA) is 105 Å². The zero-order valence-corrected chi connectivity index (χ0v) is 30.0. The van der Waals surface area contributed by atoms with E-state index in [1.165, 1.54) is 6.07 Å². The Balaban J connectivity index is 1.14. The van der Waals surface area contributed by atoms with E-state index in [0.717, 1.165) is 48.2 Å². The van der Waals surface area contributed by atoms with Crippen LogP contribution in [0.2, 0.25) is 0 Å². The Kier molecular flexibility index (Phi) is 9.39. The molecule has 8 rings (SSSR count). The highest BCUT2D eigenvalue weighted by atomic mass is 19.3. The van der Waals surface area contributed by atoms with E-state index in [4.69, 9.17) is 18.6 Å². The zero-order chi connectivity index (χ0) is 37.8. The van der Waals surface area contributed by atoms with Gasteiger partial charge in [-0.3, -0.25) is 14.6 Å². The van der Waals surface area contributed by atoms with Crippen LogP contribution in [-0.2, 0) is 11.3 Å². The third-order valence-electron chi connectivity index (χ3n) is 11.0. The number of carboxylic acids is 1. The summed E-state index contributed by atoms with van der Waals surface area (Å²) in [5.41, 5.74) is 5.89. The van der Waals surface area contributed by atoms with E-state index in [2.05, 4.69) is 9.88 Å². The second-order valence-corrected chi connectivity index (χ2v) is 14.1. The second-order valence-electron chi connectivity index (χ2n) is 14.1. The maximum Gasteiger partial charge on any atom is 0.387 e. The number of fused-ring (bicyclic) bond motifs is 2. The molecule has 9 nitrogen and oxygen atoms in total. The molecule has 4 aromatic carbocycles. The molecule has 0 spiro atoms. The monoisotopic (exact) mass is 742 g/mol. The summed E-state index contributed by atoms with van der Waals surface area (Å²) in [4.78, 5) is 25.0. The lowest BCUT2D eigenvalue weighted by atomic mass is 9.91. The highest BCUT2D eigenvalue weighted by Crippen LogP contribution is 2.40. The van der Waals surface area contributed by atoms with Gasteiger partial charge in [0.05, 0.1) is 0 Å². The lowest BCUT2D eigenvalue weighted by molar-refractivity contribution is -0.142. The third-order valence-corrected chi connectivity index (χ3v) is 11.0. The average Bonchev–Trinajstić information content (AvgIpc) is 3.97. The van der Waals surface area contributed by atoms with Crippen molar-refractivity contribution in [1.29, 1.82) is 0 Å². The number of carbonyl (C=O) groups is 1. The molecular weight excluding hydrogens is 704 g/mol. The van der Waals surface area contributed by atoms with Crippen molar-refractivity contribution in [2.24, 2.45) is 0 Å². The van der Waals surface area contributed by atoms with Crippen molar-refractivity contribution in [3.63, 3.8) is 0 Å². The summed E-state index contributed by atoms with van der Waals surface area (Å²) in [6.45, 7) is 4.89. The molecule has 6 aromatic rings. The van der Waals surface area contributed by atoms with Gasteiger partial charge in [-0.05, 0) is 113 Å². The summed E-state index contributed by atoms with van der Waals surface area (Å²) in [6.07, 6.45) is 3.20. The van der Waals surface area contributed by atoms with Gasteiger partial charge in [-0.2, -0.15) is 13.2 Å². The van der Waals surface area contributed by atoms with E-state index in [1.807, 2.05) is 57.2 Å². The molecule has 1 unspecified atom stereocenters. The van der Waals surface area contributed by atoms with Crippen LogP contribution in [0.1, 0.15) is 60.9 Å². The van der Waals surface area contributed by atoms with Crippen LogP contribution in [0.4, 0.5) is 17.6 Å². The number of ether oxygens (including phenoxy) is 1. The fourth-order valence-corrected chi connectivity index (χ4v) is 8.04. The molecule has 54 heavy (non-hydrogen) atoms. The summed E-state index contributed by atoms with van der Waals surface area (Å²) in [5.74, 6) is -2.61. The van der Waals surface area contributed by atoms with Gasteiger partial charge in [-0.25, -0.2) is 14.4 Å². The Morgan fingerprint density at radius 1 is 0.870 bits per heavy atom. The number of hydrogen-bond donors (Lipinski definition) is 1. The minimum atomic E-state index is -3.09. The number of carboxylic acid groups (broad SMARTS) is 1. The molecule has 2 fully saturated rings. The number of rotatable bonds is 10. The fourth-order valence-electron chi connectivity index (χ4n) is 8.04. The highest BCUT2D eigenvalue weighted by Gasteiger charge is 2.32. The Labute approximate surface area is 308 Å². The average molecular weight is 743 g/mol. The molecule has 0 radical (unpaired) electrons. The Bertz CT molecular complexity index is 2400.